The number of nitrogens with zero attached hydrogens (tertiary/aromatic N) is 1. The predicted octanol–water partition coefficient (Wildman–Crippen LogP) is 1.38. The summed E-state index contributed by atoms with van der Waals surface area (Å²) in [7, 11) is 0. The lowest BCUT2D eigenvalue weighted by Crippen LogP contribution is -2.17. The molecule has 0 aromatic carbocycles. The molecule has 0 radical (unpaired) electrons. The molecule has 1 atom stereocenters. The van der Waals surface area contributed by atoms with Crippen molar-refractivity contribution in [2.24, 2.45) is 17.1 Å². The van der Waals surface area contributed by atoms with Crippen LogP contribution in [0.1, 0.15) is 26.0 Å². The number of nitrogens with one attached hydrogen (secondary N) is 1. The molecule has 1 aliphatic rings. The van der Waals surface area contributed by atoms with Crippen molar-refractivity contribution in [2.45, 2.75) is 20.3 Å². The van der Waals surface area contributed by atoms with Crippen molar-refractivity contribution in [1.29, 1.82) is 0 Å². The second kappa shape index (κ2) is 4.79. The number of rotatable bonds is 2. The molecule has 1 aliphatic carbocycles. The van der Waals surface area contributed by atoms with E-state index in [0.29, 0.717) is 18.1 Å². The average Bonchev–Trinajstić information content (AvgIpc) is 2.96. The number of aromatic nitrogens is 1. The van der Waals surface area contributed by atoms with Crippen molar-refractivity contribution in [3.63, 3.8) is 0 Å². The van der Waals surface area contributed by atoms with Gasteiger partial charge in [-0.15, -0.1) is 0 Å². The molecule has 0 aliphatic heterocycles. The third-order valence-corrected chi connectivity index (χ3v) is 3.15. The van der Waals surface area contributed by atoms with Gasteiger partial charge in [0.1, 0.15) is 11.5 Å². The lowest BCUT2D eigenvalue weighted by molar-refractivity contribution is -0.118. The maximum absolute atomic E-state index is 11.9. The molecule has 4 nitrogen and oxygen atoms in total. The van der Waals surface area contributed by atoms with Gasteiger partial charge >= 0.3 is 0 Å². The number of amides is 1. The zero-order valence-corrected chi connectivity index (χ0v) is 10.7. The minimum absolute atomic E-state index is 0.0384. The standard InChI is InChI=1S/C14H17N3O/c1-14(2)9-11(14)13(18)17-12-7-3-5-10(16-12)6-4-8-15/h3,5,7,11H,8-9,15H2,1-2H3,(H,16,17,18). The normalized spacial score (nSPS) is 19.6. The Morgan fingerprint density at radius 2 is 2.33 bits per heavy atom. The van der Waals surface area contributed by atoms with Gasteiger partial charge in [-0.25, -0.2) is 4.98 Å². The van der Waals surface area contributed by atoms with Crippen molar-refractivity contribution < 1.29 is 4.79 Å². The fraction of sp³-hybridized carbons (Fsp3) is 0.429. The van der Waals surface area contributed by atoms with E-state index in [9.17, 15) is 4.79 Å². The Balaban J connectivity index is 2.04. The molecule has 3 N–H and O–H groups in total. The summed E-state index contributed by atoms with van der Waals surface area (Å²) in [6.07, 6.45) is 0.936. The van der Waals surface area contributed by atoms with Gasteiger partial charge in [0.2, 0.25) is 5.91 Å². The smallest absolute Gasteiger partial charge is 0.229 e. The largest absolute Gasteiger partial charge is 0.320 e. The van der Waals surface area contributed by atoms with Crippen molar-refractivity contribution in [3.05, 3.63) is 23.9 Å². The van der Waals surface area contributed by atoms with Crippen LogP contribution in [0.4, 0.5) is 5.82 Å². The Bertz CT molecular complexity index is 525. The average molecular weight is 243 g/mol. The number of hydrogen-bond acceptors (Lipinski definition) is 3. The lowest BCUT2D eigenvalue weighted by atomic mass is 10.1. The van der Waals surface area contributed by atoms with Gasteiger partial charge < -0.3 is 11.1 Å². The topological polar surface area (TPSA) is 68.0 Å². The van der Waals surface area contributed by atoms with Crippen LogP contribution in [0.2, 0.25) is 0 Å². The summed E-state index contributed by atoms with van der Waals surface area (Å²) < 4.78 is 0. The van der Waals surface area contributed by atoms with E-state index in [-0.39, 0.29) is 17.2 Å². The summed E-state index contributed by atoms with van der Waals surface area (Å²) in [5.74, 6) is 6.26. The first-order chi connectivity index (χ1) is 8.53. The molecule has 4 heteroatoms. The van der Waals surface area contributed by atoms with Gasteiger partial charge in [0.25, 0.3) is 0 Å². The predicted molar refractivity (Wildman–Crippen MR) is 70.7 cm³/mol. The highest BCUT2D eigenvalue weighted by atomic mass is 16.2. The molecule has 94 valence electrons. The van der Waals surface area contributed by atoms with Gasteiger partial charge in [-0.05, 0) is 29.9 Å². The van der Waals surface area contributed by atoms with Gasteiger partial charge in [0.15, 0.2) is 0 Å². The molecule has 0 bridgehead atoms. The lowest BCUT2D eigenvalue weighted by Gasteiger charge is -2.05. The Labute approximate surface area is 107 Å². The first-order valence-electron chi connectivity index (χ1n) is 6.00. The number of carbonyl (C=O) groups is 1. The highest BCUT2D eigenvalue weighted by molar-refractivity contribution is 5.94. The van der Waals surface area contributed by atoms with E-state index in [1.165, 1.54) is 0 Å². The maximum Gasteiger partial charge on any atom is 0.229 e. The van der Waals surface area contributed by atoms with E-state index >= 15 is 0 Å². The fourth-order valence-electron chi connectivity index (χ4n) is 1.84. The van der Waals surface area contributed by atoms with Crippen LogP contribution in [0.3, 0.4) is 0 Å². The molecule has 0 saturated heterocycles. The third kappa shape index (κ3) is 2.88. The summed E-state index contributed by atoms with van der Waals surface area (Å²) >= 11 is 0. The van der Waals surface area contributed by atoms with E-state index in [2.05, 4.69) is 36.0 Å². The van der Waals surface area contributed by atoms with Crippen LogP contribution in [-0.4, -0.2) is 17.4 Å². The molecule has 1 saturated carbocycles. The monoisotopic (exact) mass is 243 g/mol. The van der Waals surface area contributed by atoms with E-state index in [0.717, 1.165) is 6.42 Å². The molecule has 0 spiro atoms. The molecule has 1 heterocycles. The van der Waals surface area contributed by atoms with Crippen molar-refractivity contribution >= 4 is 11.7 Å². The van der Waals surface area contributed by atoms with E-state index in [1.54, 1.807) is 12.1 Å². The molecule has 2 rings (SSSR count). The zero-order valence-electron chi connectivity index (χ0n) is 10.7. The van der Waals surface area contributed by atoms with Gasteiger partial charge in [0, 0.05) is 5.92 Å². The molecular weight excluding hydrogens is 226 g/mol. The van der Waals surface area contributed by atoms with Gasteiger partial charge in [-0.1, -0.05) is 25.8 Å². The molecule has 1 fully saturated rings. The van der Waals surface area contributed by atoms with Crippen molar-refractivity contribution in [3.8, 4) is 11.8 Å². The van der Waals surface area contributed by atoms with E-state index < -0.39 is 0 Å². The van der Waals surface area contributed by atoms with Crippen LogP contribution >= 0.6 is 0 Å². The van der Waals surface area contributed by atoms with Crippen LogP contribution in [-0.2, 0) is 4.79 Å². The van der Waals surface area contributed by atoms with Crippen LogP contribution < -0.4 is 11.1 Å². The quantitative estimate of drug-likeness (QED) is 0.771. The van der Waals surface area contributed by atoms with Gasteiger partial charge in [0.05, 0.1) is 6.54 Å². The molecular formula is C14H17N3O. The Hall–Kier alpha value is -1.86. The highest BCUT2D eigenvalue weighted by Crippen LogP contribution is 2.51. The number of nitrogens with two attached hydrogens (primary N) is 1. The van der Waals surface area contributed by atoms with Crippen molar-refractivity contribution in [2.75, 3.05) is 11.9 Å². The maximum atomic E-state index is 11.9. The molecule has 1 amide bonds. The number of anilines is 1. The minimum Gasteiger partial charge on any atom is -0.320 e. The summed E-state index contributed by atoms with van der Waals surface area (Å²) in [6.45, 7) is 4.48. The van der Waals surface area contributed by atoms with Crippen LogP contribution in [0.5, 0.6) is 0 Å². The molecule has 1 unspecified atom stereocenters. The second-order valence-corrected chi connectivity index (χ2v) is 5.15. The fourth-order valence-corrected chi connectivity index (χ4v) is 1.84. The third-order valence-electron chi connectivity index (χ3n) is 3.15. The second-order valence-electron chi connectivity index (χ2n) is 5.15. The number of carbonyl (C=O) groups excluding carboxylic acids is 1. The van der Waals surface area contributed by atoms with E-state index in [4.69, 9.17) is 5.73 Å². The van der Waals surface area contributed by atoms with Crippen LogP contribution in [0.25, 0.3) is 0 Å². The highest BCUT2D eigenvalue weighted by Gasteiger charge is 2.50. The van der Waals surface area contributed by atoms with Crippen LogP contribution in [0, 0.1) is 23.2 Å². The minimum atomic E-state index is 0.0384. The summed E-state index contributed by atoms with van der Waals surface area (Å²) in [5, 5.41) is 2.83. The number of hydrogen-bond donors (Lipinski definition) is 2. The SMILES string of the molecule is CC1(C)CC1C(=O)Nc1cccc(C#CCN)n1. The Kier molecular flexibility index (Phi) is 3.35. The Morgan fingerprint density at radius 1 is 1.61 bits per heavy atom. The Morgan fingerprint density at radius 3 is 2.94 bits per heavy atom. The number of pyridine rings is 1. The summed E-state index contributed by atoms with van der Waals surface area (Å²) in [5.41, 5.74) is 6.05. The molecule has 1 aromatic rings. The van der Waals surface area contributed by atoms with Crippen LogP contribution in [0.15, 0.2) is 18.2 Å². The molecule has 1 aromatic heterocycles. The van der Waals surface area contributed by atoms with E-state index in [1.807, 2.05) is 6.07 Å². The van der Waals surface area contributed by atoms with Gasteiger partial charge in [-0.2, -0.15) is 0 Å². The van der Waals surface area contributed by atoms with Gasteiger partial charge in [-0.3, -0.25) is 4.79 Å². The molecule has 18 heavy (non-hydrogen) atoms. The first kappa shape index (κ1) is 12.6. The summed E-state index contributed by atoms with van der Waals surface area (Å²) in [6, 6.07) is 5.38. The summed E-state index contributed by atoms with van der Waals surface area (Å²) in [4.78, 5) is 16.2. The zero-order chi connectivity index (χ0) is 13.2. The van der Waals surface area contributed by atoms with Crippen molar-refractivity contribution in [1.82, 2.24) is 4.98 Å². The first-order valence-corrected chi connectivity index (χ1v) is 6.00.